The van der Waals surface area contributed by atoms with Crippen molar-refractivity contribution < 1.29 is 12.8 Å². The standard InChI is InChI=1S/C24H27FIN5O2S/c25-22-14-21(29-12-10-20(11-13-29)30-16-27-28-17-30)7-6-19(22)15-31-24(26)9-8-23(34(31,32)33)18-4-2-1-3-5-18/h1-7,14,16-17,20,23-24H,8-13,15H2/t23?,24-/m1/s1. The molecular formula is C24H27FIN5O2S. The molecule has 2 saturated heterocycles. The molecule has 1 unspecified atom stereocenters. The molecule has 2 fully saturated rings. The first-order chi connectivity index (χ1) is 16.4. The van der Waals surface area contributed by atoms with Gasteiger partial charge in [-0.1, -0.05) is 59.0 Å². The average molecular weight is 595 g/mol. The summed E-state index contributed by atoms with van der Waals surface area (Å²) < 4.78 is 45.4. The van der Waals surface area contributed by atoms with E-state index in [1.54, 1.807) is 24.8 Å². The number of alkyl halides is 1. The summed E-state index contributed by atoms with van der Waals surface area (Å²) in [6.07, 6.45) is 6.66. The third kappa shape index (κ3) is 4.72. The fraction of sp³-hybridized carbons (Fsp3) is 0.417. The molecule has 0 aliphatic carbocycles. The van der Waals surface area contributed by atoms with Crippen molar-refractivity contribution in [3.63, 3.8) is 0 Å². The van der Waals surface area contributed by atoms with Crippen LogP contribution in [0.4, 0.5) is 10.1 Å². The summed E-state index contributed by atoms with van der Waals surface area (Å²) >= 11 is 2.17. The van der Waals surface area contributed by atoms with Crippen molar-refractivity contribution in [2.75, 3.05) is 18.0 Å². The van der Waals surface area contributed by atoms with Crippen LogP contribution in [-0.4, -0.2) is 44.6 Å². The zero-order valence-corrected chi connectivity index (χ0v) is 21.6. The van der Waals surface area contributed by atoms with E-state index >= 15 is 4.39 Å². The normalized spacial score (nSPS) is 23.8. The van der Waals surface area contributed by atoms with E-state index in [0.717, 1.165) is 43.6 Å². The van der Waals surface area contributed by atoms with Gasteiger partial charge >= 0.3 is 0 Å². The van der Waals surface area contributed by atoms with Crippen molar-refractivity contribution in [1.29, 1.82) is 0 Å². The van der Waals surface area contributed by atoms with E-state index < -0.39 is 15.3 Å². The smallest absolute Gasteiger partial charge is 0.222 e. The lowest BCUT2D eigenvalue weighted by Crippen LogP contribution is -2.43. The second-order valence-corrected chi connectivity index (χ2v) is 12.4. The second-order valence-electron chi connectivity index (χ2n) is 8.90. The molecule has 2 aliphatic heterocycles. The van der Waals surface area contributed by atoms with Crippen LogP contribution < -0.4 is 4.90 Å². The van der Waals surface area contributed by atoms with Crippen molar-refractivity contribution in [2.45, 2.75) is 47.6 Å². The predicted octanol–water partition coefficient (Wildman–Crippen LogP) is 4.69. The number of halogens is 2. The SMILES string of the molecule is O=S1(=O)C(c2ccccc2)CC[C@H](I)N1Cc1ccc(N2CCC(n3cnnc3)CC2)cc1F. The van der Waals surface area contributed by atoms with E-state index in [2.05, 4.69) is 37.7 Å². The molecule has 10 heteroatoms. The highest BCUT2D eigenvalue weighted by atomic mass is 127. The fourth-order valence-corrected chi connectivity index (χ4v) is 8.46. The van der Waals surface area contributed by atoms with E-state index in [0.29, 0.717) is 18.0 Å². The van der Waals surface area contributed by atoms with Gasteiger partial charge < -0.3 is 9.47 Å². The molecule has 2 aliphatic rings. The number of anilines is 1. The molecule has 3 heterocycles. The summed E-state index contributed by atoms with van der Waals surface area (Å²) in [4.78, 5) is 2.18. The molecule has 3 aromatic rings. The monoisotopic (exact) mass is 595 g/mol. The van der Waals surface area contributed by atoms with E-state index in [4.69, 9.17) is 0 Å². The van der Waals surface area contributed by atoms with Gasteiger partial charge in [0.15, 0.2) is 0 Å². The van der Waals surface area contributed by atoms with Crippen LogP contribution in [0.25, 0.3) is 0 Å². The molecular weight excluding hydrogens is 568 g/mol. The number of nitrogens with zero attached hydrogens (tertiary/aromatic N) is 5. The Morgan fingerprint density at radius 1 is 0.971 bits per heavy atom. The predicted molar refractivity (Wildman–Crippen MR) is 138 cm³/mol. The van der Waals surface area contributed by atoms with Gasteiger partial charge in [-0.2, -0.15) is 4.31 Å². The highest BCUT2D eigenvalue weighted by Crippen LogP contribution is 2.40. The van der Waals surface area contributed by atoms with E-state index in [-0.39, 0.29) is 16.4 Å². The minimum Gasteiger partial charge on any atom is -0.371 e. The molecule has 0 bridgehead atoms. The second kappa shape index (κ2) is 9.90. The minimum atomic E-state index is -3.60. The van der Waals surface area contributed by atoms with Gasteiger partial charge in [-0.15, -0.1) is 10.2 Å². The molecule has 5 rings (SSSR count). The van der Waals surface area contributed by atoms with Gasteiger partial charge in [0.1, 0.15) is 23.7 Å². The van der Waals surface area contributed by atoms with Crippen molar-refractivity contribution in [3.05, 3.63) is 78.1 Å². The molecule has 180 valence electrons. The Morgan fingerprint density at radius 3 is 2.35 bits per heavy atom. The molecule has 1 aromatic heterocycles. The number of aromatic nitrogens is 3. The Hall–Kier alpha value is -2.05. The summed E-state index contributed by atoms with van der Waals surface area (Å²) in [5, 5.41) is 7.18. The van der Waals surface area contributed by atoms with Crippen molar-refractivity contribution in [2.24, 2.45) is 0 Å². The number of piperidine rings is 1. The summed E-state index contributed by atoms with van der Waals surface area (Å²) in [6, 6.07) is 14.9. The van der Waals surface area contributed by atoms with Gasteiger partial charge in [-0.25, -0.2) is 12.8 Å². The zero-order valence-electron chi connectivity index (χ0n) is 18.7. The molecule has 7 nitrogen and oxygen atoms in total. The van der Waals surface area contributed by atoms with Gasteiger partial charge in [0, 0.05) is 36.9 Å². The van der Waals surface area contributed by atoms with Crippen LogP contribution in [0, 0.1) is 5.82 Å². The highest BCUT2D eigenvalue weighted by molar-refractivity contribution is 14.1. The maximum Gasteiger partial charge on any atom is 0.222 e. The maximum absolute atomic E-state index is 15.2. The average Bonchev–Trinajstić information content (AvgIpc) is 3.38. The van der Waals surface area contributed by atoms with E-state index in [1.807, 2.05) is 41.0 Å². The molecule has 0 amide bonds. The zero-order chi connectivity index (χ0) is 23.7. The van der Waals surface area contributed by atoms with Crippen LogP contribution in [0.1, 0.15) is 48.1 Å². The van der Waals surface area contributed by atoms with Crippen LogP contribution in [0.3, 0.4) is 0 Å². The molecule has 2 atom stereocenters. The Morgan fingerprint density at radius 2 is 1.68 bits per heavy atom. The summed E-state index contributed by atoms with van der Waals surface area (Å²) in [6.45, 7) is 1.68. The minimum absolute atomic E-state index is 0.0427. The van der Waals surface area contributed by atoms with E-state index in [1.165, 1.54) is 4.31 Å². The first-order valence-electron chi connectivity index (χ1n) is 11.5. The summed E-state index contributed by atoms with van der Waals surface area (Å²) in [5.74, 6) is -0.362. The third-order valence-corrected chi connectivity index (χ3v) is 10.8. The molecule has 34 heavy (non-hydrogen) atoms. The first-order valence-corrected chi connectivity index (χ1v) is 14.3. The van der Waals surface area contributed by atoms with Gasteiger partial charge in [-0.3, -0.25) is 0 Å². The van der Waals surface area contributed by atoms with E-state index in [9.17, 15) is 8.42 Å². The fourth-order valence-electron chi connectivity index (χ4n) is 4.95. The topological polar surface area (TPSA) is 71.3 Å². The largest absolute Gasteiger partial charge is 0.371 e. The van der Waals surface area contributed by atoms with Gasteiger partial charge in [0.2, 0.25) is 10.0 Å². The Balaban J connectivity index is 1.30. The molecule has 0 saturated carbocycles. The quantitative estimate of drug-likeness (QED) is 0.243. The molecule has 0 spiro atoms. The molecule has 0 N–H and O–H groups in total. The van der Waals surface area contributed by atoms with Gasteiger partial charge in [0.25, 0.3) is 0 Å². The summed E-state index contributed by atoms with van der Waals surface area (Å²) in [5.41, 5.74) is 2.03. The Bertz CT molecular complexity index is 1220. The maximum atomic E-state index is 15.2. The number of rotatable bonds is 5. The lowest BCUT2D eigenvalue weighted by atomic mass is 10.0. The van der Waals surface area contributed by atoms with Crippen molar-refractivity contribution in [3.8, 4) is 0 Å². The Kier molecular flexibility index (Phi) is 6.90. The molecule has 2 aromatic carbocycles. The number of hydrogen-bond acceptors (Lipinski definition) is 5. The van der Waals surface area contributed by atoms with Crippen molar-refractivity contribution >= 4 is 38.3 Å². The Labute approximate surface area is 213 Å². The van der Waals surface area contributed by atoms with Gasteiger partial charge in [0.05, 0.1) is 4.05 Å². The number of benzene rings is 2. The first kappa shape index (κ1) is 23.7. The number of sulfonamides is 1. The lowest BCUT2D eigenvalue weighted by molar-refractivity contribution is 0.342. The van der Waals surface area contributed by atoms with Crippen LogP contribution in [0.5, 0.6) is 0 Å². The summed E-state index contributed by atoms with van der Waals surface area (Å²) in [7, 11) is -3.60. The molecule has 0 radical (unpaired) electrons. The van der Waals surface area contributed by atoms with Crippen LogP contribution in [0.15, 0.2) is 61.2 Å². The van der Waals surface area contributed by atoms with Crippen LogP contribution in [0.2, 0.25) is 0 Å². The lowest BCUT2D eigenvalue weighted by Gasteiger charge is -2.37. The van der Waals surface area contributed by atoms with Gasteiger partial charge in [-0.05, 0) is 43.4 Å². The highest BCUT2D eigenvalue weighted by Gasteiger charge is 2.41. The number of hydrogen-bond donors (Lipinski definition) is 0. The van der Waals surface area contributed by atoms with Crippen LogP contribution in [-0.2, 0) is 16.6 Å². The van der Waals surface area contributed by atoms with Crippen molar-refractivity contribution in [1.82, 2.24) is 19.1 Å². The third-order valence-electron chi connectivity index (χ3n) is 6.89. The van der Waals surface area contributed by atoms with Crippen LogP contribution >= 0.6 is 22.6 Å².